The predicted molar refractivity (Wildman–Crippen MR) is 136 cm³/mol. The molecule has 0 amide bonds. The number of rotatable bonds is 6. The largest absolute Gasteiger partial charge is 0.507 e. The van der Waals surface area contributed by atoms with Crippen LogP contribution in [0.5, 0.6) is 5.75 Å². The minimum Gasteiger partial charge on any atom is -0.507 e. The van der Waals surface area contributed by atoms with E-state index in [0.717, 1.165) is 27.6 Å². The van der Waals surface area contributed by atoms with Crippen LogP contribution >= 0.6 is 22.7 Å². The van der Waals surface area contributed by atoms with Crippen molar-refractivity contribution >= 4 is 49.2 Å². The Kier molecular flexibility index (Phi) is 5.65. The Morgan fingerprint density at radius 1 is 0.970 bits per heavy atom. The molecule has 0 saturated heterocycles. The van der Waals surface area contributed by atoms with Gasteiger partial charge in [0.25, 0.3) is 10.0 Å². The number of anilines is 1. The molecule has 0 unspecified atom stereocenters. The average molecular weight is 493 g/mol. The van der Waals surface area contributed by atoms with Crippen LogP contribution in [-0.2, 0) is 16.4 Å². The Balaban J connectivity index is 1.53. The number of nitrogens with zero attached hydrogens (tertiary/aromatic N) is 1. The lowest BCUT2D eigenvalue weighted by Crippen LogP contribution is -2.12. The standard InChI is InChI=1S/C25H20N2O3S3/c1-16-8-10-17(11-9-16)22-15-32-23(26-22)14-18-13-21(19-5-2-3-6-20(19)25(18)28)27-33(29,30)24-7-4-12-31-24/h2-13,15,27-28H,14H2,1H3. The lowest BCUT2D eigenvalue weighted by Gasteiger charge is -2.14. The number of hydrogen-bond acceptors (Lipinski definition) is 6. The summed E-state index contributed by atoms with van der Waals surface area (Å²) in [6.45, 7) is 2.04. The number of hydrogen-bond donors (Lipinski definition) is 2. The Bertz CT molecular complexity index is 1540. The highest BCUT2D eigenvalue weighted by Gasteiger charge is 2.20. The Hall–Kier alpha value is -3.20. The lowest BCUT2D eigenvalue weighted by molar-refractivity contribution is 0.476. The molecular weight excluding hydrogens is 472 g/mol. The molecule has 5 nitrogen and oxygen atoms in total. The third-order valence-corrected chi connectivity index (χ3v) is 8.95. The third kappa shape index (κ3) is 4.37. The van der Waals surface area contributed by atoms with Crippen molar-refractivity contribution in [3.63, 3.8) is 0 Å². The maximum atomic E-state index is 12.9. The summed E-state index contributed by atoms with van der Waals surface area (Å²) >= 11 is 2.67. The van der Waals surface area contributed by atoms with Crippen molar-refractivity contribution < 1.29 is 13.5 Å². The van der Waals surface area contributed by atoms with E-state index in [2.05, 4.69) is 16.9 Å². The quantitative estimate of drug-likeness (QED) is 0.268. The fourth-order valence-electron chi connectivity index (χ4n) is 3.66. The molecule has 2 aromatic heterocycles. The highest BCUT2D eigenvalue weighted by Crippen LogP contribution is 2.37. The zero-order chi connectivity index (χ0) is 23.0. The summed E-state index contributed by atoms with van der Waals surface area (Å²) in [5.74, 6) is 0.136. The van der Waals surface area contributed by atoms with E-state index in [1.165, 1.54) is 16.9 Å². The third-order valence-electron chi connectivity index (χ3n) is 5.34. The molecule has 0 spiro atoms. The molecule has 2 heterocycles. The molecule has 3 aromatic carbocycles. The first kappa shape index (κ1) is 21.6. The molecule has 2 N–H and O–H groups in total. The first-order chi connectivity index (χ1) is 15.9. The Morgan fingerprint density at radius 3 is 2.45 bits per heavy atom. The molecule has 0 aliphatic rings. The molecule has 0 bridgehead atoms. The number of thiazole rings is 1. The van der Waals surface area contributed by atoms with Crippen LogP contribution in [0.2, 0.25) is 0 Å². The summed E-state index contributed by atoms with van der Waals surface area (Å²) in [4.78, 5) is 4.74. The number of benzene rings is 3. The second-order valence-corrected chi connectivity index (χ2v) is 11.5. The molecular formula is C25H20N2O3S3. The normalized spacial score (nSPS) is 11.7. The number of aromatic nitrogens is 1. The van der Waals surface area contributed by atoms with Crippen molar-refractivity contribution in [2.75, 3.05) is 4.72 Å². The van der Waals surface area contributed by atoms with Crippen LogP contribution < -0.4 is 4.72 Å². The molecule has 0 fully saturated rings. The van der Waals surface area contributed by atoms with Crippen LogP contribution in [0, 0.1) is 6.92 Å². The number of phenols is 1. The molecule has 0 saturated carbocycles. The number of aromatic hydroxyl groups is 1. The highest BCUT2D eigenvalue weighted by molar-refractivity contribution is 7.94. The molecule has 5 aromatic rings. The smallest absolute Gasteiger partial charge is 0.271 e. The number of fused-ring (bicyclic) bond motifs is 1. The summed E-state index contributed by atoms with van der Waals surface area (Å²) in [6, 6.07) is 20.4. The number of nitrogens with one attached hydrogen (secondary N) is 1. The molecule has 33 heavy (non-hydrogen) atoms. The number of phenolic OH excluding ortho intramolecular Hbond substituents is 1. The van der Waals surface area contributed by atoms with Crippen molar-refractivity contribution in [3.05, 3.63) is 93.6 Å². The van der Waals surface area contributed by atoms with Gasteiger partial charge in [0.15, 0.2) is 0 Å². The second-order valence-electron chi connectivity index (χ2n) is 7.68. The van der Waals surface area contributed by atoms with Gasteiger partial charge in [-0.15, -0.1) is 22.7 Å². The van der Waals surface area contributed by atoms with E-state index in [1.54, 1.807) is 35.7 Å². The van der Waals surface area contributed by atoms with E-state index in [4.69, 9.17) is 4.98 Å². The highest BCUT2D eigenvalue weighted by atomic mass is 32.2. The maximum Gasteiger partial charge on any atom is 0.271 e. The van der Waals surface area contributed by atoms with Crippen LogP contribution in [-0.4, -0.2) is 18.5 Å². The van der Waals surface area contributed by atoms with Crippen molar-refractivity contribution in [2.24, 2.45) is 0 Å². The predicted octanol–water partition coefficient (Wildman–Crippen LogP) is 6.43. The van der Waals surface area contributed by atoms with Gasteiger partial charge in [0.05, 0.1) is 16.4 Å². The second kappa shape index (κ2) is 8.62. The first-order valence-electron chi connectivity index (χ1n) is 10.2. The summed E-state index contributed by atoms with van der Waals surface area (Å²) in [7, 11) is -3.73. The number of sulfonamides is 1. The van der Waals surface area contributed by atoms with Gasteiger partial charge in [-0.05, 0) is 24.4 Å². The molecule has 166 valence electrons. The lowest BCUT2D eigenvalue weighted by atomic mass is 10.0. The minimum atomic E-state index is -3.73. The van der Waals surface area contributed by atoms with Gasteiger partial charge in [-0.1, -0.05) is 60.2 Å². The van der Waals surface area contributed by atoms with Gasteiger partial charge in [-0.2, -0.15) is 0 Å². The average Bonchev–Trinajstić information content (AvgIpc) is 3.50. The Morgan fingerprint density at radius 2 is 1.73 bits per heavy atom. The molecule has 0 atom stereocenters. The van der Waals surface area contributed by atoms with E-state index in [0.29, 0.717) is 28.4 Å². The summed E-state index contributed by atoms with van der Waals surface area (Å²) in [6.07, 6.45) is 0.390. The van der Waals surface area contributed by atoms with Crippen molar-refractivity contribution in [3.8, 4) is 17.0 Å². The Labute approximate surface area is 200 Å². The van der Waals surface area contributed by atoms with Gasteiger partial charge in [-0.25, -0.2) is 13.4 Å². The summed E-state index contributed by atoms with van der Waals surface area (Å²) in [5.41, 5.74) is 4.15. The topological polar surface area (TPSA) is 79.3 Å². The van der Waals surface area contributed by atoms with E-state index in [1.807, 2.05) is 36.6 Å². The van der Waals surface area contributed by atoms with Crippen LogP contribution in [0.15, 0.2) is 81.7 Å². The minimum absolute atomic E-state index is 0.136. The molecule has 8 heteroatoms. The van der Waals surface area contributed by atoms with Crippen LogP contribution in [0.4, 0.5) is 5.69 Å². The van der Waals surface area contributed by atoms with Crippen molar-refractivity contribution in [2.45, 2.75) is 17.6 Å². The van der Waals surface area contributed by atoms with Gasteiger partial charge < -0.3 is 5.11 Å². The van der Waals surface area contributed by atoms with Crippen molar-refractivity contribution in [1.82, 2.24) is 4.98 Å². The molecule has 0 aliphatic heterocycles. The first-order valence-corrected chi connectivity index (χ1v) is 13.5. The van der Waals surface area contributed by atoms with Gasteiger partial charge >= 0.3 is 0 Å². The van der Waals surface area contributed by atoms with E-state index >= 15 is 0 Å². The SMILES string of the molecule is Cc1ccc(-c2csc(Cc3cc(NS(=O)(=O)c4cccs4)c4ccccc4c3O)n2)cc1. The maximum absolute atomic E-state index is 12.9. The number of aryl methyl sites for hydroxylation is 1. The van der Waals surface area contributed by atoms with Crippen LogP contribution in [0.3, 0.4) is 0 Å². The number of thiophene rings is 1. The molecule has 0 radical (unpaired) electrons. The monoisotopic (exact) mass is 492 g/mol. The summed E-state index contributed by atoms with van der Waals surface area (Å²) < 4.78 is 28.7. The van der Waals surface area contributed by atoms with E-state index < -0.39 is 10.0 Å². The van der Waals surface area contributed by atoms with Gasteiger partial charge in [-0.3, -0.25) is 4.72 Å². The van der Waals surface area contributed by atoms with E-state index in [-0.39, 0.29) is 9.96 Å². The van der Waals surface area contributed by atoms with Crippen molar-refractivity contribution in [1.29, 1.82) is 0 Å². The van der Waals surface area contributed by atoms with Gasteiger partial charge in [0, 0.05) is 33.7 Å². The molecule has 5 rings (SSSR count). The summed E-state index contributed by atoms with van der Waals surface area (Å²) in [5, 5.41) is 16.8. The van der Waals surface area contributed by atoms with Crippen LogP contribution in [0.1, 0.15) is 16.1 Å². The zero-order valence-electron chi connectivity index (χ0n) is 17.6. The fraction of sp³-hybridized carbons (Fsp3) is 0.0800. The molecule has 0 aliphatic carbocycles. The fourth-order valence-corrected chi connectivity index (χ4v) is 6.55. The zero-order valence-corrected chi connectivity index (χ0v) is 20.1. The van der Waals surface area contributed by atoms with Gasteiger partial charge in [0.2, 0.25) is 0 Å². The van der Waals surface area contributed by atoms with Crippen LogP contribution in [0.25, 0.3) is 22.0 Å². The van der Waals surface area contributed by atoms with E-state index in [9.17, 15) is 13.5 Å². The van der Waals surface area contributed by atoms with Gasteiger partial charge in [0.1, 0.15) is 9.96 Å².